The van der Waals surface area contributed by atoms with Crippen LogP contribution in [0.3, 0.4) is 0 Å². The Labute approximate surface area is 241 Å². The van der Waals surface area contributed by atoms with Crippen LogP contribution in [0, 0.1) is 0 Å². The Balaban J connectivity index is 1.82. The van der Waals surface area contributed by atoms with E-state index in [2.05, 4.69) is 17.9 Å². The minimum Gasteiger partial charge on any atom is -0.466 e. The molecule has 0 radical (unpaired) electrons. The lowest BCUT2D eigenvalue weighted by Gasteiger charge is -2.27. The number of carbonyl (C=O) groups is 4. The normalized spacial score (nSPS) is 15.2. The summed E-state index contributed by atoms with van der Waals surface area (Å²) in [4.78, 5) is 54.5. The number of hydrogen-bond acceptors (Lipinski definition) is 7. The molecule has 1 aliphatic heterocycles. The summed E-state index contributed by atoms with van der Waals surface area (Å²) in [6.45, 7) is 8.93. The first-order valence-electron chi connectivity index (χ1n) is 13.5. The minimum absolute atomic E-state index is 0.0127. The summed E-state index contributed by atoms with van der Waals surface area (Å²) in [6.07, 6.45) is 1.38. The lowest BCUT2D eigenvalue weighted by Crippen LogP contribution is -2.43. The van der Waals surface area contributed by atoms with Gasteiger partial charge >= 0.3 is 12.1 Å². The van der Waals surface area contributed by atoms with Crippen LogP contribution in [0.2, 0.25) is 0 Å². The Morgan fingerprint density at radius 3 is 2.45 bits per heavy atom. The highest BCUT2D eigenvalue weighted by atomic mass is 32.1. The number of hydrogen-bond donors (Lipinski definition) is 2. The second kappa shape index (κ2) is 13.7. The number of nitrogens with one attached hydrogen (secondary N) is 1. The molecular weight excluding hydrogens is 530 g/mol. The van der Waals surface area contributed by atoms with Crippen molar-refractivity contribution in [2.75, 3.05) is 18.1 Å². The molecule has 10 heteroatoms. The van der Waals surface area contributed by atoms with Crippen LogP contribution in [-0.2, 0) is 25.5 Å². The Morgan fingerprint density at radius 2 is 1.80 bits per heavy atom. The number of anilines is 2. The lowest BCUT2D eigenvalue weighted by molar-refractivity contribution is -0.144. The highest BCUT2D eigenvalue weighted by Gasteiger charge is 2.35. The molecule has 0 aromatic heterocycles. The molecule has 0 fully saturated rings. The number of benzene rings is 2. The molecule has 3 amide bonds. The summed E-state index contributed by atoms with van der Waals surface area (Å²) in [7, 11) is 0. The maximum atomic E-state index is 13.8. The van der Waals surface area contributed by atoms with Gasteiger partial charge in [0.15, 0.2) is 0 Å². The molecule has 0 spiro atoms. The van der Waals surface area contributed by atoms with Crippen molar-refractivity contribution >= 4 is 47.9 Å². The largest absolute Gasteiger partial charge is 0.466 e. The van der Waals surface area contributed by atoms with E-state index in [-0.39, 0.29) is 36.8 Å². The Kier molecular flexibility index (Phi) is 10.6. The second-order valence-corrected chi connectivity index (χ2v) is 11.4. The second-order valence-electron chi connectivity index (χ2n) is 10.8. The quantitative estimate of drug-likeness (QED) is 0.230. The molecular formula is C30H39N3O6S. The fourth-order valence-electron chi connectivity index (χ4n) is 4.49. The average Bonchev–Trinajstić information content (AvgIpc) is 2.97. The van der Waals surface area contributed by atoms with Crippen molar-refractivity contribution < 1.29 is 28.7 Å². The lowest BCUT2D eigenvalue weighted by atomic mass is 10.0. The highest BCUT2D eigenvalue weighted by molar-refractivity contribution is 7.80. The van der Waals surface area contributed by atoms with Gasteiger partial charge in [-0.25, -0.2) is 4.79 Å². The molecule has 40 heavy (non-hydrogen) atoms. The Hall–Kier alpha value is -3.53. The predicted molar refractivity (Wildman–Crippen MR) is 157 cm³/mol. The number of fused-ring (bicyclic) bond motifs is 1. The van der Waals surface area contributed by atoms with E-state index in [0.717, 1.165) is 5.56 Å². The monoisotopic (exact) mass is 569 g/mol. The third-order valence-electron chi connectivity index (χ3n) is 6.29. The zero-order valence-electron chi connectivity index (χ0n) is 23.8. The number of rotatable bonds is 10. The third kappa shape index (κ3) is 8.48. The number of thiol groups is 1. The zero-order valence-corrected chi connectivity index (χ0v) is 24.7. The minimum atomic E-state index is -0.595. The molecule has 2 unspecified atom stereocenters. The molecule has 0 saturated carbocycles. The smallest absolute Gasteiger partial charge is 0.408 e. The number of alkyl carbamates (subject to hydrolysis) is 1. The van der Waals surface area contributed by atoms with Crippen molar-refractivity contribution in [3.8, 4) is 0 Å². The van der Waals surface area contributed by atoms with Gasteiger partial charge in [-0.1, -0.05) is 24.3 Å². The summed E-state index contributed by atoms with van der Waals surface area (Å²) in [5.74, 6) is -1.01. The van der Waals surface area contributed by atoms with E-state index in [0.29, 0.717) is 36.2 Å². The molecule has 1 heterocycles. The van der Waals surface area contributed by atoms with Gasteiger partial charge in [0.2, 0.25) is 0 Å². The van der Waals surface area contributed by atoms with Crippen LogP contribution < -0.4 is 10.2 Å². The van der Waals surface area contributed by atoms with Crippen molar-refractivity contribution in [3.63, 3.8) is 0 Å². The molecule has 1 N–H and O–H groups in total. The van der Waals surface area contributed by atoms with E-state index in [1.54, 1.807) is 45.6 Å². The summed E-state index contributed by atoms with van der Waals surface area (Å²) in [6, 6.07) is 14.2. The van der Waals surface area contributed by atoms with E-state index >= 15 is 0 Å². The first-order chi connectivity index (χ1) is 18.9. The molecule has 0 saturated heterocycles. The summed E-state index contributed by atoms with van der Waals surface area (Å²) in [5, 5.41) is 2.33. The highest BCUT2D eigenvalue weighted by Crippen LogP contribution is 2.34. The van der Waals surface area contributed by atoms with Gasteiger partial charge in [0, 0.05) is 11.7 Å². The van der Waals surface area contributed by atoms with E-state index < -0.39 is 23.7 Å². The van der Waals surface area contributed by atoms with Crippen LogP contribution >= 0.6 is 12.6 Å². The van der Waals surface area contributed by atoms with Crippen LogP contribution in [0.4, 0.5) is 16.2 Å². The van der Waals surface area contributed by atoms with Gasteiger partial charge in [-0.05, 0) is 83.7 Å². The molecule has 9 nitrogen and oxygen atoms in total. The number of nitrogens with zero attached hydrogens (tertiary/aromatic N) is 2. The maximum Gasteiger partial charge on any atom is 0.408 e. The average molecular weight is 570 g/mol. The number of esters is 1. The molecule has 2 aromatic carbocycles. The van der Waals surface area contributed by atoms with Gasteiger partial charge < -0.3 is 19.7 Å². The number of carbonyl (C=O) groups excluding carboxylic acids is 4. The number of ether oxygens (including phenoxy) is 2. The van der Waals surface area contributed by atoms with Crippen LogP contribution in [0.15, 0.2) is 48.5 Å². The summed E-state index contributed by atoms with van der Waals surface area (Å²) in [5.41, 5.74) is 1.85. The van der Waals surface area contributed by atoms with Crippen molar-refractivity contribution in [1.82, 2.24) is 10.2 Å². The van der Waals surface area contributed by atoms with E-state index in [9.17, 15) is 19.2 Å². The number of para-hydroxylation sites is 1. The predicted octanol–water partition coefficient (Wildman–Crippen LogP) is 5.25. The molecule has 0 aliphatic carbocycles. The van der Waals surface area contributed by atoms with Crippen LogP contribution in [0.5, 0.6) is 0 Å². The van der Waals surface area contributed by atoms with Crippen molar-refractivity contribution in [3.05, 3.63) is 59.7 Å². The molecule has 2 aromatic rings. The van der Waals surface area contributed by atoms with Crippen LogP contribution in [0.25, 0.3) is 0 Å². The van der Waals surface area contributed by atoms with E-state index in [4.69, 9.17) is 9.47 Å². The van der Waals surface area contributed by atoms with E-state index in [1.807, 2.05) is 42.5 Å². The first kappa shape index (κ1) is 31.0. The maximum absolute atomic E-state index is 13.8. The Morgan fingerprint density at radius 1 is 1.10 bits per heavy atom. The van der Waals surface area contributed by atoms with Crippen molar-refractivity contribution in [2.24, 2.45) is 0 Å². The molecule has 3 rings (SSSR count). The summed E-state index contributed by atoms with van der Waals surface area (Å²) >= 11 is 4.46. The molecule has 1 aliphatic rings. The topological polar surface area (TPSA) is 105 Å². The summed E-state index contributed by atoms with van der Waals surface area (Å²) < 4.78 is 10.4. The number of amides is 3. The third-order valence-corrected chi connectivity index (χ3v) is 6.68. The fraction of sp³-hybridized carbons (Fsp3) is 0.467. The molecule has 0 bridgehead atoms. The molecule has 216 valence electrons. The van der Waals surface area contributed by atoms with Gasteiger partial charge in [-0.3, -0.25) is 19.3 Å². The zero-order chi connectivity index (χ0) is 29.4. The van der Waals surface area contributed by atoms with Gasteiger partial charge in [0.05, 0.1) is 29.7 Å². The van der Waals surface area contributed by atoms with Gasteiger partial charge in [-0.15, -0.1) is 0 Å². The van der Waals surface area contributed by atoms with Gasteiger partial charge in [0.1, 0.15) is 12.1 Å². The number of aryl methyl sites for hydroxylation is 1. The molecule has 2 atom stereocenters. The van der Waals surface area contributed by atoms with E-state index in [1.165, 1.54) is 4.90 Å². The van der Waals surface area contributed by atoms with Crippen LogP contribution in [0.1, 0.15) is 69.8 Å². The van der Waals surface area contributed by atoms with Crippen molar-refractivity contribution in [2.45, 2.75) is 77.3 Å². The Bertz CT molecular complexity index is 1210. The fourth-order valence-corrected chi connectivity index (χ4v) is 4.77. The van der Waals surface area contributed by atoms with Gasteiger partial charge in [0.25, 0.3) is 11.8 Å². The first-order valence-corrected chi connectivity index (χ1v) is 14.1. The van der Waals surface area contributed by atoms with Crippen LogP contribution in [-0.4, -0.2) is 58.9 Å². The van der Waals surface area contributed by atoms with Gasteiger partial charge in [-0.2, -0.15) is 12.6 Å². The standard InChI is InChI=1S/C30H39N3O6S/c1-6-38-27(35)17-20(2)32-19-26(34)33(22-12-8-7-9-13-22)24-16-15-21(18-23(24)28(32)36)11-10-14-25(40)31-29(37)39-30(3,4)5/h7-9,12-13,15-16,18,20,25,40H,6,10-11,14,17,19H2,1-5H3,(H,31,37). The van der Waals surface area contributed by atoms with Crippen molar-refractivity contribution in [1.29, 1.82) is 0 Å². The SMILES string of the molecule is CCOC(=O)CC(C)N1CC(=O)N(c2ccccc2)c2ccc(CCCC(S)NC(=O)OC(C)(C)C)cc2C1=O.